The van der Waals surface area contributed by atoms with Crippen LogP contribution in [0.5, 0.6) is 0 Å². The van der Waals surface area contributed by atoms with E-state index in [1.165, 1.54) is 4.90 Å². The highest BCUT2D eigenvalue weighted by Gasteiger charge is 2.22. The van der Waals surface area contributed by atoms with Crippen LogP contribution in [0.2, 0.25) is 0 Å². The zero-order valence-corrected chi connectivity index (χ0v) is 19.1. The maximum Gasteiger partial charge on any atom is 0.673 e. The lowest BCUT2D eigenvalue weighted by Crippen LogP contribution is -2.02. The minimum Gasteiger partial charge on any atom is -0.418 e. The predicted octanol–water partition coefficient (Wildman–Crippen LogP) is 9.72. The van der Waals surface area contributed by atoms with Gasteiger partial charge in [-0.15, -0.1) is 0 Å². The molecule has 0 N–H and O–H groups in total. The molecule has 0 aliphatic heterocycles. The van der Waals surface area contributed by atoms with Crippen molar-refractivity contribution < 1.29 is 104 Å². The molecule has 1 aromatic carbocycles. The van der Waals surface area contributed by atoms with Crippen molar-refractivity contribution in [3.8, 4) is 0 Å². The van der Waals surface area contributed by atoms with Gasteiger partial charge in [-0.3, -0.25) is 0 Å². The van der Waals surface area contributed by atoms with Crippen molar-refractivity contribution in [2.45, 2.75) is 4.90 Å². The van der Waals surface area contributed by atoms with E-state index >= 15 is 0 Å². The average Bonchev–Trinajstić information content (AvgIpc) is 2.45. The predicted molar refractivity (Wildman–Crippen MR) is 105 cm³/mol. The summed E-state index contributed by atoms with van der Waals surface area (Å²) in [6, 6.07) is 10.6. The van der Waals surface area contributed by atoms with E-state index in [0.29, 0.717) is 10.9 Å². The van der Waals surface area contributed by atoms with Crippen molar-refractivity contribution in [2.75, 3.05) is 12.5 Å². The fraction of sp³-hybridized carbons (Fsp3) is 0.250. The molecule has 0 saturated heterocycles. The van der Waals surface area contributed by atoms with Gasteiger partial charge in [0.1, 0.15) is 12.5 Å². The van der Waals surface area contributed by atoms with E-state index in [1.54, 1.807) is 0 Å². The van der Waals surface area contributed by atoms with Crippen LogP contribution in [0.1, 0.15) is 0 Å². The van der Waals surface area contributed by atoms with Crippen LogP contribution < -0.4 is 0 Å². The molecule has 1 aromatic rings. The van der Waals surface area contributed by atoms with Gasteiger partial charge in [0, 0.05) is 10.9 Å². The number of benzene rings is 1. The van der Waals surface area contributed by atoms with Crippen LogP contribution in [0.3, 0.4) is 0 Å². The van der Waals surface area contributed by atoms with Gasteiger partial charge in [0.25, 0.3) is 0 Å². The molecule has 0 aromatic heterocycles. The Morgan fingerprint density at radius 1 is 0.333 bits per heavy atom. The van der Waals surface area contributed by atoms with E-state index < -0.39 is 43.5 Å². The lowest BCUT2D eigenvalue weighted by Gasteiger charge is -1.94. The van der Waals surface area contributed by atoms with Crippen LogP contribution in [0.4, 0.5) is 104 Å². The van der Waals surface area contributed by atoms with E-state index in [-0.39, 0.29) is 0 Å². The third-order valence-electron chi connectivity index (χ3n) is 1.21. The van der Waals surface area contributed by atoms with Gasteiger partial charge in [0.05, 0.1) is 0 Å². The summed E-state index contributed by atoms with van der Waals surface area (Å²) < 4.78 is 234. The lowest BCUT2D eigenvalue weighted by atomic mass is 10.3. The van der Waals surface area contributed by atoms with Crippen LogP contribution >= 0.6 is 0 Å². The highest BCUT2D eigenvalue weighted by atomic mass is 32.2. The molecule has 39 heavy (non-hydrogen) atoms. The summed E-state index contributed by atoms with van der Waals surface area (Å²) in [5, 5.41) is 0. The Balaban J connectivity index is -0.0000000830. The molecule has 31 heteroatoms. The first kappa shape index (κ1) is 50.2. The van der Waals surface area contributed by atoms with Gasteiger partial charge >= 0.3 is 43.5 Å². The van der Waals surface area contributed by atoms with Crippen LogP contribution in [0, 0.1) is 0 Å². The fourth-order valence-corrected chi connectivity index (χ4v) is 1.39. The van der Waals surface area contributed by atoms with Gasteiger partial charge in [-0.1, -0.05) is 18.2 Å². The Morgan fingerprint density at radius 2 is 0.462 bits per heavy atom. The summed E-state index contributed by atoms with van der Waals surface area (Å²) in [5.74, 6) is 0. The maximum absolute atomic E-state index is 9.75. The molecule has 0 fully saturated rings. The third kappa shape index (κ3) is 403. The van der Waals surface area contributed by atoms with Gasteiger partial charge in [-0.2, -0.15) is 0 Å². The molecule has 240 valence electrons. The molecule has 0 saturated carbocycles. The van der Waals surface area contributed by atoms with E-state index in [9.17, 15) is 104 Å². The lowest BCUT2D eigenvalue weighted by molar-refractivity contribution is 0.366. The summed E-state index contributed by atoms with van der Waals surface area (Å²) >= 11 is 0. The standard InChI is InChI=1S/C8H11S.6BF4/c1-9(2)8-6-4-3-5-7-8;6*2-1(3,4)5/h3-7H,1-2H3;;;;;;/q+1;6*-1. The number of hydrogen-bond donors (Lipinski definition) is 0. The fourth-order valence-electron chi connectivity index (χ4n) is 0.693. The van der Waals surface area contributed by atoms with Crippen molar-refractivity contribution in [1.29, 1.82) is 0 Å². The third-order valence-corrected chi connectivity index (χ3v) is 2.43. The highest BCUT2D eigenvalue weighted by Crippen LogP contribution is 2.09. The second kappa shape index (κ2) is 22.0. The van der Waals surface area contributed by atoms with Gasteiger partial charge in [-0.25, -0.2) is 0 Å². The first-order valence-corrected chi connectivity index (χ1v) is 10.2. The zero-order chi connectivity index (χ0) is 33.7. The minimum absolute atomic E-state index is 0.421. The highest BCUT2D eigenvalue weighted by molar-refractivity contribution is 7.95. The molecular weight excluding hydrogens is 649 g/mol. The topological polar surface area (TPSA) is 0 Å². The van der Waals surface area contributed by atoms with Crippen molar-refractivity contribution in [3.05, 3.63) is 30.3 Å². The normalized spacial score (nSPS) is 11.6. The number of rotatable bonds is 1. The van der Waals surface area contributed by atoms with Gasteiger partial charge in [0.2, 0.25) is 0 Å². The molecule has 0 heterocycles. The van der Waals surface area contributed by atoms with Crippen LogP contribution in [-0.4, -0.2) is 56.0 Å². The Bertz CT molecular complexity index is 516. The maximum atomic E-state index is 9.75. The smallest absolute Gasteiger partial charge is 0.418 e. The SMILES string of the molecule is C[S+](C)c1ccccc1.F[B-](F)(F)F.F[B-](F)(F)F.F[B-](F)(F)F.F[B-](F)(F)F.F[B-](F)(F)F.F[B-](F)(F)F. The Hall–Kier alpha value is -1.72. The number of hydrogen-bond acceptors (Lipinski definition) is 0. The molecule has 0 radical (unpaired) electrons. The van der Waals surface area contributed by atoms with Crippen molar-refractivity contribution in [2.24, 2.45) is 0 Å². The van der Waals surface area contributed by atoms with E-state index in [4.69, 9.17) is 0 Å². The molecule has 0 aliphatic rings. The molecule has 0 aliphatic carbocycles. The second-order valence-corrected chi connectivity index (χ2v) is 7.20. The van der Waals surface area contributed by atoms with Crippen LogP contribution in [0.15, 0.2) is 35.2 Å². The molecule has 1 rings (SSSR count). The monoisotopic (exact) mass is 661 g/mol. The molecule has 0 amide bonds. The first-order chi connectivity index (χ1) is 16.3. The average molecular weight is 660 g/mol. The van der Waals surface area contributed by atoms with Crippen molar-refractivity contribution >= 4 is 54.4 Å². The molecule has 0 spiro atoms. The summed E-state index contributed by atoms with van der Waals surface area (Å²) in [7, 11) is -35.6. The molecule has 0 nitrogen and oxygen atoms in total. The molecular formula is C8H11B6F24S-5. The summed E-state index contributed by atoms with van der Waals surface area (Å²) in [6.07, 6.45) is 4.46. The first-order valence-electron chi connectivity index (χ1n) is 8.17. The minimum atomic E-state index is -6.00. The van der Waals surface area contributed by atoms with E-state index in [1.807, 2.05) is 0 Å². The summed E-state index contributed by atoms with van der Waals surface area (Å²) in [6.45, 7) is 0. The largest absolute Gasteiger partial charge is 0.673 e. The Labute approximate surface area is 206 Å². The number of halogens is 24. The molecule has 0 bridgehead atoms. The van der Waals surface area contributed by atoms with Gasteiger partial charge in [0.15, 0.2) is 4.90 Å². The van der Waals surface area contributed by atoms with Gasteiger partial charge in [-0.05, 0) is 12.1 Å². The Morgan fingerprint density at radius 3 is 0.538 bits per heavy atom. The van der Waals surface area contributed by atoms with Gasteiger partial charge < -0.3 is 104 Å². The van der Waals surface area contributed by atoms with E-state index in [2.05, 4.69) is 42.8 Å². The van der Waals surface area contributed by atoms with Crippen LogP contribution in [0.25, 0.3) is 0 Å². The van der Waals surface area contributed by atoms with E-state index in [0.717, 1.165) is 0 Å². The zero-order valence-electron chi connectivity index (χ0n) is 18.3. The quantitative estimate of drug-likeness (QED) is 0.160. The van der Waals surface area contributed by atoms with Crippen LogP contribution in [-0.2, 0) is 10.9 Å². The Kier molecular flexibility index (Phi) is 28.3. The molecule has 0 unspecified atom stereocenters. The molecule has 0 atom stereocenters. The van der Waals surface area contributed by atoms with Crippen molar-refractivity contribution in [1.82, 2.24) is 0 Å². The summed E-state index contributed by atoms with van der Waals surface area (Å²) in [5.41, 5.74) is 0. The second-order valence-electron chi connectivity index (χ2n) is 5.10. The van der Waals surface area contributed by atoms with Crippen molar-refractivity contribution in [3.63, 3.8) is 0 Å². The summed E-state index contributed by atoms with van der Waals surface area (Å²) in [4.78, 5) is 1.44.